The average molecular weight is 323 g/mol. The molecule has 8 heteroatoms. The third kappa shape index (κ3) is 8.76. The van der Waals surface area contributed by atoms with Crippen LogP contribution in [0.1, 0.15) is 0 Å². The zero-order chi connectivity index (χ0) is 16.9. The molecule has 0 fully saturated rings. The van der Waals surface area contributed by atoms with E-state index in [1.165, 1.54) is 0 Å². The zero-order valence-electron chi connectivity index (χ0n) is 12.4. The topological polar surface area (TPSA) is 100 Å². The molecule has 0 spiro atoms. The first-order valence-corrected chi connectivity index (χ1v) is 6.71. The molecule has 0 bridgehead atoms. The van der Waals surface area contributed by atoms with Gasteiger partial charge in [0, 0.05) is 6.08 Å². The van der Waals surface area contributed by atoms with E-state index in [1.54, 1.807) is 30.3 Å². The van der Waals surface area contributed by atoms with Gasteiger partial charge in [-0.2, -0.15) is 0 Å². The molecule has 0 heterocycles. The highest BCUT2D eigenvalue weighted by molar-refractivity contribution is 5.81. The van der Waals surface area contributed by atoms with Gasteiger partial charge in [-0.1, -0.05) is 24.8 Å². The Labute approximate surface area is 133 Å². The molecule has 1 aromatic rings. The Morgan fingerprint density at radius 1 is 1.00 bits per heavy atom. The standard InChI is InChI=1S/C15H17NO7/c1-2-13(17)20-10-11-22-15(19)21-9-8-16-14(18)23-12-6-4-3-5-7-12/h2-7H,1,8-11H2,(H,16,18). The molecule has 0 saturated carbocycles. The second kappa shape index (κ2) is 10.7. The average Bonchev–Trinajstić information content (AvgIpc) is 2.56. The van der Waals surface area contributed by atoms with Gasteiger partial charge in [0.25, 0.3) is 0 Å². The van der Waals surface area contributed by atoms with Crippen LogP contribution in [0.15, 0.2) is 43.0 Å². The highest BCUT2D eigenvalue weighted by Crippen LogP contribution is 2.07. The minimum atomic E-state index is -0.933. The molecular formula is C15H17NO7. The molecule has 1 aromatic carbocycles. The first-order chi connectivity index (χ1) is 11.1. The van der Waals surface area contributed by atoms with Crippen LogP contribution < -0.4 is 10.1 Å². The fraction of sp³-hybridized carbons (Fsp3) is 0.267. The Morgan fingerprint density at radius 3 is 2.35 bits per heavy atom. The van der Waals surface area contributed by atoms with Gasteiger partial charge in [-0.3, -0.25) is 0 Å². The van der Waals surface area contributed by atoms with Gasteiger partial charge in [0.15, 0.2) is 0 Å². The number of amides is 1. The van der Waals surface area contributed by atoms with Crippen molar-refractivity contribution in [2.45, 2.75) is 0 Å². The van der Waals surface area contributed by atoms with Gasteiger partial charge in [-0.05, 0) is 12.1 Å². The highest BCUT2D eigenvalue weighted by atomic mass is 16.7. The largest absolute Gasteiger partial charge is 0.508 e. The van der Waals surface area contributed by atoms with Crippen LogP contribution in [0.3, 0.4) is 0 Å². The van der Waals surface area contributed by atoms with E-state index in [-0.39, 0.29) is 26.4 Å². The lowest BCUT2D eigenvalue weighted by molar-refractivity contribution is -0.138. The van der Waals surface area contributed by atoms with Crippen molar-refractivity contribution in [3.8, 4) is 5.75 Å². The minimum Gasteiger partial charge on any atom is -0.459 e. The van der Waals surface area contributed by atoms with E-state index in [1.807, 2.05) is 0 Å². The second-order valence-electron chi connectivity index (χ2n) is 3.95. The summed E-state index contributed by atoms with van der Waals surface area (Å²) in [5, 5.41) is 2.40. The van der Waals surface area contributed by atoms with Crippen molar-refractivity contribution in [2.24, 2.45) is 0 Å². The number of carbonyl (C=O) groups excluding carboxylic acids is 3. The summed E-state index contributed by atoms with van der Waals surface area (Å²) in [5.41, 5.74) is 0. The summed E-state index contributed by atoms with van der Waals surface area (Å²) in [6.45, 7) is 2.95. The lowest BCUT2D eigenvalue weighted by Crippen LogP contribution is -2.30. The third-order valence-electron chi connectivity index (χ3n) is 2.26. The van der Waals surface area contributed by atoms with Crippen molar-refractivity contribution < 1.29 is 33.3 Å². The monoisotopic (exact) mass is 323 g/mol. The van der Waals surface area contributed by atoms with Crippen LogP contribution in [-0.2, 0) is 19.0 Å². The van der Waals surface area contributed by atoms with E-state index in [9.17, 15) is 14.4 Å². The number of hydrogen-bond donors (Lipinski definition) is 1. The van der Waals surface area contributed by atoms with Gasteiger partial charge in [0.1, 0.15) is 25.6 Å². The lowest BCUT2D eigenvalue weighted by Gasteiger charge is -2.08. The number of nitrogens with one attached hydrogen (secondary N) is 1. The highest BCUT2D eigenvalue weighted by Gasteiger charge is 2.06. The van der Waals surface area contributed by atoms with Gasteiger partial charge in [0.2, 0.25) is 0 Å². The van der Waals surface area contributed by atoms with Gasteiger partial charge in [-0.25, -0.2) is 14.4 Å². The SMILES string of the molecule is C=CC(=O)OCCOC(=O)OCCNC(=O)Oc1ccccc1. The Kier molecular flexibility index (Phi) is 8.35. The van der Waals surface area contributed by atoms with Crippen LogP contribution in [0.5, 0.6) is 5.75 Å². The van der Waals surface area contributed by atoms with Crippen molar-refractivity contribution in [1.82, 2.24) is 5.32 Å². The maximum absolute atomic E-state index is 11.4. The molecule has 1 N–H and O–H groups in total. The van der Waals surface area contributed by atoms with Gasteiger partial charge in [0.05, 0.1) is 6.54 Å². The third-order valence-corrected chi connectivity index (χ3v) is 2.26. The Balaban J connectivity index is 2.03. The van der Waals surface area contributed by atoms with Crippen molar-refractivity contribution in [1.29, 1.82) is 0 Å². The number of carbonyl (C=O) groups is 3. The van der Waals surface area contributed by atoms with Crippen molar-refractivity contribution in [3.63, 3.8) is 0 Å². The Bertz CT molecular complexity index is 530. The number of ether oxygens (including phenoxy) is 4. The lowest BCUT2D eigenvalue weighted by atomic mass is 10.3. The van der Waals surface area contributed by atoms with E-state index in [0.717, 1.165) is 6.08 Å². The van der Waals surface area contributed by atoms with Crippen LogP contribution in [0.4, 0.5) is 9.59 Å². The number of hydrogen-bond acceptors (Lipinski definition) is 7. The van der Waals surface area contributed by atoms with E-state index in [4.69, 9.17) is 4.74 Å². The van der Waals surface area contributed by atoms with Crippen molar-refractivity contribution in [3.05, 3.63) is 43.0 Å². The fourth-order valence-corrected chi connectivity index (χ4v) is 1.29. The van der Waals surface area contributed by atoms with Gasteiger partial charge in [-0.15, -0.1) is 0 Å². The number of esters is 1. The maximum atomic E-state index is 11.4. The second-order valence-corrected chi connectivity index (χ2v) is 3.95. The summed E-state index contributed by atoms with van der Waals surface area (Å²) >= 11 is 0. The van der Waals surface area contributed by atoms with E-state index < -0.39 is 18.2 Å². The van der Waals surface area contributed by atoms with Crippen LogP contribution in [0, 0.1) is 0 Å². The molecule has 124 valence electrons. The van der Waals surface area contributed by atoms with Crippen molar-refractivity contribution >= 4 is 18.2 Å². The van der Waals surface area contributed by atoms with Crippen LogP contribution in [0.25, 0.3) is 0 Å². The first-order valence-electron chi connectivity index (χ1n) is 6.71. The van der Waals surface area contributed by atoms with Gasteiger partial charge >= 0.3 is 18.2 Å². The van der Waals surface area contributed by atoms with E-state index in [2.05, 4.69) is 26.1 Å². The normalized spacial score (nSPS) is 9.39. The van der Waals surface area contributed by atoms with Crippen LogP contribution >= 0.6 is 0 Å². The number of rotatable bonds is 8. The van der Waals surface area contributed by atoms with Crippen molar-refractivity contribution in [2.75, 3.05) is 26.4 Å². The molecule has 0 saturated heterocycles. The predicted octanol–water partition coefficient (Wildman–Crippen LogP) is 1.66. The molecule has 0 radical (unpaired) electrons. The molecule has 8 nitrogen and oxygen atoms in total. The molecule has 0 unspecified atom stereocenters. The molecule has 1 rings (SSSR count). The summed E-state index contributed by atoms with van der Waals surface area (Å²) in [6, 6.07) is 8.52. The van der Waals surface area contributed by atoms with Crippen LogP contribution in [-0.4, -0.2) is 44.6 Å². The fourth-order valence-electron chi connectivity index (χ4n) is 1.29. The zero-order valence-corrected chi connectivity index (χ0v) is 12.4. The summed E-state index contributed by atoms with van der Waals surface area (Å²) in [7, 11) is 0. The summed E-state index contributed by atoms with van der Waals surface area (Å²) < 4.78 is 18.9. The molecule has 1 amide bonds. The predicted molar refractivity (Wildman–Crippen MR) is 78.9 cm³/mol. The molecule has 23 heavy (non-hydrogen) atoms. The minimum absolute atomic E-state index is 0.0617. The smallest absolute Gasteiger partial charge is 0.459 e. The quantitative estimate of drug-likeness (QED) is 0.441. The maximum Gasteiger partial charge on any atom is 0.508 e. The first kappa shape index (κ1) is 18.0. The number of para-hydroxylation sites is 1. The molecule has 0 aliphatic carbocycles. The van der Waals surface area contributed by atoms with Gasteiger partial charge < -0.3 is 24.3 Å². The Morgan fingerprint density at radius 2 is 1.65 bits per heavy atom. The molecule has 0 aliphatic rings. The van der Waals surface area contributed by atoms with E-state index >= 15 is 0 Å². The van der Waals surface area contributed by atoms with Crippen LogP contribution in [0.2, 0.25) is 0 Å². The molecular weight excluding hydrogens is 306 g/mol. The van der Waals surface area contributed by atoms with E-state index in [0.29, 0.717) is 5.75 Å². The molecule has 0 aliphatic heterocycles. The summed E-state index contributed by atoms with van der Waals surface area (Å²) in [6.07, 6.45) is -0.596. The molecule has 0 atom stereocenters. The Hall–Kier alpha value is -3.03. The molecule has 0 aromatic heterocycles. The number of benzene rings is 1. The summed E-state index contributed by atoms with van der Waals surface area (Å²) in [4.78, 5) is 33.2. The summed E-state index contributed by atoms with van der Waals surface area (Å²) in [5.74, 6) is -0.206.